The first-order valence-corrected chi connectivity index (χ1v) is 6.55. The minimum absolute atomic E-state index is 0.154. The lowest BCUT2D eigenvalue weighted by Gasteiger charge is -2.22. The molecule has 7 nitrogen and oxygen atoms in total. The van der Waals surface area contributed by atoms with Crippen LogP contribution in [0.3, 0.4) is 0 Å². The molecule has 1 aromatic heterocycles. The number of amides is 2. The highest BCUT2D eigenvalue weighted by molar-refractivity contribution is 5.91. The molecule has 0 radical (unpaired) electrons. The predicted molar refractivity (Wildman–Crippen MR) is 73.1 cm³/mol. The summed E-state index contributed by atoms with van der Waals surface area (Å²) in [7, 11) is 0. The molecule has 0 spiro atoms. The molecule has 2 heterocycles. The first-order chi connectivity index (χ1) is 9.75. The number of hydrogen-bond acceptors (Lipinski definition) is 5. The highest BCUT2D eigenvalue weighted by atomic mass is 16.5. The average molecular weight is 278 g/mol. The molecule has 1 saturated heterocycles. The molecule has 0 aromatic carbocycles. The number of nitrogens with zero attached hydrogens (tertiary/aromatic N) is 1. The van der Waals surface area contributed by atoms with Gasteiger partial charge in [0.15, 0.2) is 0 Å². The van der Waals surface area contributed by atoms with E-state index >= 15 is 0 Å². The Kier molecular flexibility index (Phi) is 5.45. The maximum Gasteiger partial charge on any atom is 0.250 e. The molecule has 108 valence electrons. The van der Waals surface area contributed by atoms with Crippen molar-refractivity contribution in [2.24, 2.45) is 0 Å². The van der Waals surface area contributed by atoms with Gasteiger partial charge in [0.25, 0.3) is 0 Å². The number of pyridine rings is 1. The van der Waals surface area contributed by atoms with Gasteiger partial charge < -0.3 is 20.7 Å². The number of rotatable bonds is 5. The average Bonchev–Trinajstić information content (AvgIpc) is 2.49. The summed E-state index contributed by atoms with van der Waals surface area (Å²) < 4.78 is 5.31. The molecule has 3 N–H and O–H groups in total. The molecule has 1 aromatic rings. The number of ether oxygens (including phenoxy) is 1. The van der Waals surface area contributed by atoms with Crippen molar-refractivity contribution in [1.82, 2.24) is 15.6 Å². The number of morpholine rings is 1. The first-order valence-electron chi connectivity index (χ1n) is 6.55. The Labute approximate surface area is 117 Å². The van der Waals surface area contributed by atoms with Crippen molar-refractivity contribution < 1.29 is 14.3 Å². The van der Waals surface area contributed by atoms with E-state index in [1.807, 2.05) is 0 Å². The van der Waals surface area contributed by atoms with Crippen molar-refractivity contribution >= 4 is 17.5 Å². The predicted octanol–water partition coefficient (Wildman–Crippen LogP) is -0.485. The van der Waals surface area contributed by atoms with Gasteiger partial charge in [-0.1, -0.05) is 0 Å². The number of anilines is 1. The van der Waals surface area contributed by atoms with Crippen molar-refractivity contribution in [2.45, 2.75) is 12.5 Å². The Bertz CT molecular complexity index is 446. The first kappa shape index (κ1) is 14.4. The van der Waals surface area contributed by atoms with Gasteiger partial charge in [-0.05, 0) is 12.1 Å². The van der Waals surface area contributed by atoms with Gasteiger partial charge in [0, 0.05) is 44.1 Å². The maximum atomic E-state index is 11.7. The van der Waals surface area contributed by atoms with E-state index in [1.165, 1.54) is 0 Å². The summed E-state index contributed by atoms with van der Waals surface area (Å²) in [5.41, 5.74) is 0.691. The van der Waals surface area contributed by atoms with E-state index in [4.69, 9.17) is 4.74 Å². The van der Waals surface area contributed by atoms with Crippen molar-refractivity contribution in [3.8, 4) is 0 Å². The molecule has 20 heavy (non-hydrogen) atoms. The van der Waals surface area contributed by atoms with E-state index in [-0.39, 0.29) is 24.8 Å². The summed E-state index contributed by atoms with van der Waals surface area (Å²) in [6.07, 6.45) is 2.95. The molecular weight excluding hydrogens is 260 g/mol. The number of hydrogen-bond donors (Lipinski definition) is 3. The van der Waals surface area contributed by atoms with Crippen LogP contribution in [0, 0.1) is 0 Å². The van der Waals surface area contributed by atoms with Gasteiger partial charge in [-0.15, -0.1) is 0 Å². The van der Waals surface area contributed by atoms with E-state index in [0.717, 1.165) is 6.54 Å². The van der Waals surface area contributed by atoms with Gasteiger partial charge in [0.1, 0.15) is 6.10 Å². The summed E-state index contributed by atoms with van der Waals surface area (Å²) in [5, 5.41) is 8.49. The van der Waals surface area contributed by atoms with Gasteiger partial charge in [-0.25, -0.2) is 0 Å². The molecule has 1 atom stereocenters. The summed E-state index contributed by atoms with van der Waals surface area (Å²) in [4.78, 5) is 27.2. The van der Waals surface area contributed by atoms with Crippen LogP contribution in [0.5, 0.6) is 0 Å². The zero-order valence-electron chi connectivity index (χ0n) is 11.1. The Hall–Kier alpha value is -1.99. The number of nitrogens with one attached hydrogen (secondary N) is 3. The van der Waals surface area contributed by atoms with Crippen LogP contribution in [0.4, 0.5) is 5.69 Å². The summed E-state index contributed by atoms with van der Waals surface area (Å²) >= 11 is 0. The Morgan fingerprint density at radius 3 is 2.90 bits per heavy atom. The molecule has 2 rings (SSSR count). The van der Waals surface area contributed by atoms with Crippen LogP contribution in [-0.4, -0.2) is 49.1 Å². The van der Waals surface area contributed by atoms with Crippen LogP contribution in [0.1, 0.15) is 6.42 Å². The monoisotopic (exact) mass is 278 g/mol. The van der Waals surface area contributed by atoms with Crippen LogP contribution in [-0.2, 0) is 14.3 Å². The fourth-order valence-corrected chi connectivity index (χ4v) is 1.81. The number of carbonyl (C=O) groups is 2. The van der Waals surface area contributed by atoms with Crippen LogP contribution >= 0.6 is 0 Å². The van der Waals surface area contributed by atoms with Crippen LogP contribution in [0.25, 0.3) is 0 Å². The SMILES string of the molecule is O=C(CCNC(=O)C1CNCCO1)Nc1ccncc1. The molecular formula is C13H18N4O3. The maximum absolute atomic E-state index is 11.7. The zero-order chi connectivity index (χ0) is 14.2. The van der Waals surface area contributed by atoms with Crippen LogP contribution in [0.2, 0.25) is 0 Å². The Morgan fingerprint density at radius 1 is 1.40 bits per heavy atom. The molecule has 1 fully saturated rings. The Morgan fingerprint density at radius 2 is 2.20 bits per heavy atom. The molecule has 7 heteroatoms. The standard InChI is InChI=1S/C13H18N4O3/c18-12(17-10-1-4-14-5-2-10)3-6-16-13(19)11-9-15-7-8-20-11/h1-2,4-5,11,15H,3,6-9H2,(H,16,19)(H,14,17,18). The fourth-order valence-electron chi connectivity index (χ4n) is 1.81. The molecule has 1 aliphatic heterocycles. The Balaban J connectivity index is 1.65. The third-order valence-electron chi connectivity index (χ3n) is 2.84. The second kappa shape index (κ2) is 7.56. The third kappa shape index (κ3) is 4.60. The van der Waals surface area contributed by atoms with Gasteiger partial charge in [0.05, 0.1) is 6.61 Å². The largest absolute Gasteiger partial charge is 0.366 e. The van der Waals surface area contributed by atoms with E-state index in [2.05, 4.69) is 20.9 Å². The molecule has 1 unspecified atom stereocenters. The normalized spacial score (nSPS) is 18.3. The summed E-state index contributed by atoms with van der Waals surface area (Å²) in [6, 6.07) is 3.41. The van der Waals surface area contributed by atoms with Crippen molar-refractivity contribution in [3.05, 3.63) is 24.5 Å². The second-order valence-electron chi connectivity index (χ2n) is 4.39. The fraction of sp³-hybridized carbons (Fsp3) is 0.462. The smallest absolute Gasteiger partial charge is 0.250 e. The lowest BCUT2D eigenvalue weighted by Crippen LogP contribution is -2.48. The minimum atomic E-state index is -0.466. The van der Waals surface area contributed by atoms with Crippen LogP contribution in [0.15, 0.2) is 24.5 Å². The van der Waals surface area contributed by atoms with Gasteiger partial charge in [-0.2, -0.15) is 0 Å². The van der Waals surface area contributed by atoms with Crippen molar-refractivity contribution in [2.75, 3.05) is 31.6 Å². The zero-order valence-corrected chi connectivity index (χ0v) is 11.1. The van der Waals surface area contributed by atoms with Gasteiger partial charge in [0.2, 0.25) is 11.8 Å². The van der Waals surface area contributed by atoms with E-state index in [1.54, 1.807) is 24.5 Å². The van der Waals surface area contributed by atoms with E-state index in [9.17, 15) is 9.59 Å². The highest BCUT2D eigenvalue weighted by Crippen LogP contribution is 2.03. The molecule has 2 amide bonds. The van der Waals surface area contributed by atoms with Gasteiger partial charge >= 0.3 is 0 Å². The minimum Gasteiger partial charge on any atom is -0.366 e. The lowest BCUT2D eigenvalue weighted by molar-refractivity contribution is -0.134. The molecule has 1 aliphatic rings. The topological polar surface area (TPSA) is 92.4 Å². The lowest BCUT2D eigenvalue weighted by atomic mass is 10.3. The van der Waals surface area contributed by atoms with E-state index < -0.39 is 6.10 Å². The van der Waals surface area contributed by atoms with E-state index in [0.29, 0.717) is 18.8 Å². The number of carbonyl (C=O) groups excluding carboxylic acids is 2. The highest BCUT2D eigenvalue weighted by Gasteiger charge is 2.21. The third-order valence-corrected chi connectivity index (χ3v) is 2.84. The molecule has 0 saturated carbocycles. The molecule has 0 aliphatic carbocycles. The number of aromatic nitrogens is 1. The summed E-state index contributed by atoms with van der Waals surface area (Å²) in [6.45, 7) is 2.09. The van der Waals surface area contributed by atoms with Crippen molar-refractivity contribution in [1.29, 1.82) is 0 Å². The molecule has 0 bridgehead atoms. The van der Waals surface area contributed by atoms with Crippen LogP contribution < -0.4 is 16.0 Å². The van der Waals surface area contributed by atoms with Crippen molar-refractivity contribution in [3.63, 3.8) is 0 Å². The van der Waals surface area contributed by atoms with Gasteiger partial charge in [-0.3, -0.25) is 14.6 Å². The quantitative estimate of drug-likeness (QED) is 0.676. The summed E-state index contributed by atoms with van der Waals surface area (Å²) in [5.74, 6) is -0.340. The second-order valence-corrected chi connectivity index (χ2v) is 4.39.